The topological polar surface area (TPSA) is 26.3 Å². The highest BCUT2D eigenvalue weighted by Gasteiger charge is 2.33. The van der Waals surface area contributed by atoms with Gasteiger partial charge in [-0.2, -0.15) is 13.2 Å². The van der Waals surface area contributed by atoms with Crippen LogP contribution in [-0.2, 0) is 22.1 Å². The van der Waals surface area contributed by atoms with E-state index in [1.165, 1.54) is 19.2 Å². The first kappa shape index (κ1) is 13.0. The fourth-order valence-corrected chi connectivity index (χ4v) is 1.79. The zero-order valence-electron chi connectivity index (χ0n) is 8.27. The number of esters is 1. The lowest BCUT2D eigenvalue weighted by Gasteiger charge is -2.11. The summed E-state index contributed by atoms with van der Waals surface area (Å²) >= 11 is 2.85. The van der Waals surface area contributed by atoms with Gasteiger partial charge in [0, 0.05) is 4.47 Å². The van der Waals surface area contributed by atoms with E-state index >= 15 is 0 Å². The SMILES string of the molecule is COC(=O)Cc1cccc(C(F)(F)F)c1Br. The number of halogens is 4. The van der Waals surface area contributed by atoms with Crippen molar-refractivity contribution >= 4 is 21.9 Å². The van der Waals surface area contributed by atoms with Gasteiger partial charge in [0.05, 0.1) is 19.1 Å². The number of rotatable bonds is 2. The summed E-state index contributed by atoms with van der Waals surface area (Å²) in [6.07, 6.45) is -4.63. The highest BCUT2D eigenvalue weighted by Crippen LogP contribution is 2.36. The molecule has 0 aliphatic heterocycles. The van der Waals surface area contributed by atoms with Crippen LogP contribution in [0.5, 0.6) is 0 Å². The van der Waals surface area contributed by atoms with Crippen LogP contribution in [0.3, 0.4) is 0 Å². The van der Waals surface area contributed by atoms with Crippen molar-refractivity contribution in [2.75, 3.05) is 7.11 Å². The van der Waals surface area contributed by atoms with Crippen LogP contribution in [0.25, 0.3) is 0 Å². The van der Waals surface area contributed by atoms with Gasteiger partial charge in [-0.25, -0.2) is 0 Å². The molecule has 1 aromatic rings. The molecule has 0 aliphatic rings. The second-order valence-corrected chi connectivity index (χ2v) is 3.82. The summed E-state index contributed by atoms with van der Waals surface area (Å²) in [6.45, 7) is 0. The van der Waals surface area contributed by atoms with E-state index in [0.29, 0.717) is 0 Å². The molecular weight excluding hydrogens is 289 g/mol. The van der Waals surface area contributed by atoms with E-state index in [1.54, 1.807) is 0 Å². The van der Waals surface area contributed by atoms with E-state index in [2.05, 4.69) is 20.7 Å². The van der Waals surface area contributed by atoms with Crippen LogP contribution < -0.4 is 0 Å². The molecule has 2 nitrogen and oxygen atoms in total. The van der Waals surface area contributed by atoms with E-state index < -0.39 is 17.7 Å². The second kappa shape index (κ2) is 4.86. The smallest absolute Gasteiger partial charge is 0.417 e. The Morgan fingerprint density at radius 3 is 2.56 bits per heavy atom. The molecule has 0 radical (unpaired) electrons. The van der Waals surface area contributed by atoms with Gasteiger partial charge in [-0.05, 0) is 27.6 Å². The van der Waals surface area contributed by atoms with Crippen molar-refractivity contribution in [1.82, 2.24) is 0 Å². The average molecular weight is 297 g/mol. The lowest BCUT2D eigenvalue weighted by atomic mass is 10.1. The predicted octanol–water partition coefficient (Wildman–Crippen LogP) is 3.18. The first-order valence-corrected chi connectivity index (χ1v) is 5.07. The second-order valence-electron chi connectivity index (χ2n) is 3.03. The van der Waals surface area contributed by atoms with Crippen molar-refractivity contribution in [1.29, 1.82) is 0 Å². The van der Waals surface area contributed by atoms with Crippen molar-refractivity contribution < 1.29 is 22.7 Å². The van der Waals surface area contributed by atoms with Crippen molar-refractivity contribution in [3.05, 3.63) is 33.8 Å². The summed E-state index contributed by atoms with van der Waals surface area (Å²) in [5, 5.41) is 0. The molecule has 0 N–H and O–H groups in total. The Bertz CT molecular complexity index is 402. The Hall–Kier alpha value is -1.04. The van der Waals surface area contributed by atoms with Crippen LogP contribution >= 0.6 is 15.9 Å². The molecule has 0 heterocycles. The summed E-state index contributed by atoms with van der Waals surface area (Å²) in [6, 6.07) is 3.65. The van der Waals surface area contributed by atoms with E-state index in [1.807, 2.05) is 0 Å². The monoisotopic (exact) mass is 296 g/mol. The van der Waals surface area contributed by atoms with Crippen LogP contribution in [0.15, 0.2) is 22.7 Å². The number of hydrogen-bond donors (Lipinski definition) is 0. The molecule has 0 saturated carbocycles. The average Bonchev–Trinajstić information content (AvgIpc) is 2.19. The Balaban J connectivity index is 3.09. The Morgan fingerprint density at radius 2 is 2.06 bits per heavy atom. The maximum atomic E-state index is 12.5. The van der Waals surface area contributed by atoms with Gasteiger partial charge in [0.15, 0.2) is 0 Å². The van der Waals surface area contributed by atoms with Crippen LogP contribution in [0.4, 0.5) is 13.2 Å². The van der Waals surface area contributed by atoms with Gasteiger partial charge in [0.1, 0.15) is 0 Å². The normalized spacial score (nSPS) is 11.3. The molecule has 0 fully saturated rings. The molecule has 16 heavy (non-hydrogen) atoms. The van der Waals surface area contributed by atoms with E-state index in [9.17, 15) is 18.0 Å². The van der Waals surface area contributed by atoms with Gasteiger partial charge >= 0.3 is 12.1 Å². The van der Waals surface area contributed by atoms with Crippen LogP contribution in [-0.4, -0.2) is 13.1 Å². The highest BCUT2D eigenvalue weighted by atomic mass is 79.9. The molecule has 0 aromatic heterocycles. The zero-order valence-corrected chi connectivity index (χ0v) is 9.85. The number of alkyl halides is 3. The minimum atomic E-state index is -4.44. The van der Waals surface area contributed by atoms with Crippen LogP contribution in [0.1, 0.15) is 11.1 Å². The first-order chi connectivity index (χ1) is 7.36. The van der Waals surface area contributed by atoms with Crippen LogP contribution in [0, 0.1) is 0 Å². The third-order valence-corrected chi connectivity index (χ3v) is 2.88. The Kier molecular flexibility index (Phi) is 3.96. The largest absolute Gasteiger partial charge is 0.469 e. The summed E-state index contributed by atoms with van der Waals surface area (Å²) in [5.74, 6) is -0.583. The van der Waals surface area contributed by atoms with Gasteiger partial charge in [-0.3, -0.25) is 4.79 Å². The molecular formula is C10H8BrF3O2. The fraction of sp³-hybridized carbons (Fsp3) is 0.300. The molecule has 0 bridgehead atoms. The standard InChI is InChI=1S/C10H8BrF3O2/c1-16-8(15)5-6-3-2-4-7(9(6)11)10(12,13)14/h2-4H,5H2,1H3. The molecule has 88 valence electrons. The quantitative estimate of drug-likeness (QED) is 0.784. The number of hydrogen-bond acceptors (Lipinski definition) is 2. The van der Waals surface area contributed by atoms with Gasteiger partial charge < -0.3 is 4.74 Å². The Labute approximate surface area is 98.5 Å². The third kappa shape index (κ3) is 2.98. The zero-order chi connectivity index (χ0) is 12.3. The molecule has 0 aliphatic carbocycles. The molecule has 0 atom stereocenters. The number of benzene rings is 1. The lowest BCUT2D eigenvalue weighted by molar-refractivity contribution is -0.141. The maximum absolute atomic E-state index is 12.5. The summed E-state index contributed by atoms with van der Waals surface area (Å²) < 4.78 is 41.8. The van der Waals surface area contributed by atoms with E-state index in [-0.39, 0.29) is 16.5 Å². The minimum absolute atomic E-state index is 0.118. The van der Waals surface area contributed by atoms with Gasteiger partial charge in [-0.15, -0.1) is 0 Å². The fourth-order valence-electron chi connectivity index (χ4n) is 1.16. The third-order valence-electron chi connectivity index (χ3n) is 1.95. The molecule has 1 aromatic carbocycles. The molecule has 1 rings (SSSR count). The van der Waals surface area contributed by atoms with Crippen LogP contribution in [0.2, 0.25) is 0 Å². The predicted molar refractivity (Wildman–Crippen MR) is 54.9 cm³/mol. The highest BCUT2D eigenvalue weighted by molar-refractivity contribution is 9.10. The number of ether oxygens (including phenoxy) is 1. The molecule has 0 unspecified atom stereocenters. The van der Waals surface area contributed by atoms with Gasteiger partial charge in [0.2, 0.25) is 0 Å². The molecule has 0 saturated heterocycles. The number of carbonyl (C=O) groups excluding carboxylic acids is 1. The summed E-state index contributed by atoms with van der Waals surface area (Å²) in [4.78, 5) is 11.0. The lowest BCUT2D eigenvalue weighted by Crippen LogP contribution is -2.10. The van der Waals surface area contributed by atoms with Crippen molar-refractivity contribution in [2.45, 2.75) is 12.6 Å². The van der Waals surface area contributed by atoms with Crippen molar-refractivity contribution in [3.63, 3.8) is 0 Å². The molecule has 0 amide bonds. The summed E-state index contributed by atoms with van der Waals surface area (Å²) in [5.41, 5.74) is -0.546. The molecule has 0 spiro atoms. The van der Waals surface area contributed by atoms with E-state index in [4.69, 9.17) is 0 Å². The Morgan fingerprint density at radius 1 is 1.44 bits per heavy atom. The number of methoxy groups -OCH3 is 1. The maximum Gasteiger partial charge on any atom is 0.417 e. The van der Waals surface area contributed by atoms with Crippen molar-refractivity contribution in [2.24, 2.45) is 0 Å². The number of carbonyl (C=O) groups is 1. The molecule has 6 heteroatoms. The van der Waals surface area contributed by atoms with Crippen molar-refractivity contribution in [3.8, 4) is 0 Å². The van der Waals surface area contributed by atoms with E-state index in [0.717, 1.165) is 6.07 Å². The van der Waals surface area contributed by atoms with Gasteiger partial charge in [-0.1, -0.05) is 12.1 Å². The summed E-state index contributed by atoms with van der Waals surface area (Å²) in [7, 11) is 1.18. The first-order valence-electron chi connectivity index (χ1n) is 4.27. The van der Waals surface area contributed by atoms with Gasteiger partial charge in [0.25, 0.3) is 0 Å². The minimum Gasteiger partial charge on any atom is -0.469 e.